The second kappa shape index (κ2) is 8.98. The molecule has 1 N–H and O–H groups in total. The molecule has 8 nitrogen and oxygen atoms in total. The SMILES string of the molecule is CCOc1ccc(NC(=O)N2CCN(c3ccnc(N4CCCC4)n3)CC2)cc1. The summed E-state index contributed by atoms with van der Waals surface area (Å²) in [5, 5.41) is 2.96. The fourth-order valence-corrected chi connectivity index (χ4v) is 3.73. The fourth-order valence-electron chi connectivity index (χ4n) is 3.73. The standard InChI is InChI=1S/C21H28N6O2/c1-2-29-18-7-5-17(6-8-18)23-21(28)27-15-13-25(14-16-27)19-9-10-22-20(24-19)26-11-3-4-12-26/h5-10H,2-4,11-16H2,1H3,(H,23,28). The van der Waals surface area contributed by atoms with E-state index < -0.39 is 0 Å². The lowest BCUT2D eigenvalue weighted by atomic mass is 10.3. The van der Waals surface area contributed by atoms with E-state index in [1.54, 1.807) is 0 Å². The Kier molecular flexibility index (Phi) is 5.97. The van der Waals surface area contributed by atoms with Gasteiger partial charge in [0.15, 0.2) is 0 Å². The largest absolute Gasteiger partial charge is 0.494 e. The van der Waals surface area contributed by atoms with E-state index in [1.807, 2.05) is 48.4 Å². The number of anilines is 3. The number of ether oxygens (including phenoxy) is 1. The fraction of sp³-hybridized carbons (Fsp3) is 0.476. The van der Waals surface area contributed by atoms with Gasteiger partial charge in [0.05, 0.1) is 6.61 Å². The number of amides is 2. The molecule has 0 unspecified atom stereocenters. The van der Waals surface area contributed by atoms with E-state index in [9.17, 15) is 4.79 Å². The van der Waals surface area contributed by atoms with Crippen molar-refractivity contribution in [3.63, 3.8) is 0 Å². The number of urea groups is 1. The van der Waals surface area contributed by atoms with Crippen LogP contribution in [-0.4, -0.2) is 66.8 Å². The summed E-state index contributed by atoms with van der Waals surface area (Å²) in [6.45, 7) is 7.47. The first-order valence-electron chi connectivity index (χ1n) is 10.3. The predicted molar refractivity (Wildman–Crippen MR) is 114 cm³/mol. The van der Waals surface area contributed by atoms with Crippen LogP contribution in [0.1, 0.15) is 19.8 Å². The molecule has 2 saturated heterocycles. The van der Waals surface area contributed by atoms with Crippen LogP contribution in [0, 0.1) is 0 Å². The number of nitrogens with zero attached hydrogens (tertiary/aromatic N) is 5. The van der Waals surface area contributed by atoms with Gasteiger partial charge in [-0.2, -0.15) is 4.98 Å². The Bertz CT molecular complexity index is 814. The lowest BCUT2D eigenvalue weighted by Gasteiger charge is -2.35. The summed E-state index contributed by atoms with van der Waals surface area (Å²) in [5.41, 5.74) is 0.770. The third-order valence-corrected chi connectivity index (χ3v) is 5.32. The van der Waals surface area contributed by atoms with E-state index in [-0.39, 0.29) is 6.03 Å². The third kappa shape index (κ3) is 4.70. The van der Waals surface area contributed by atoms with E-state index in [1.165, 1.54) is 12.8 Å². The minimum Gasteiger partial charge on any atom is -0.494 e. The van der Waals surface area contributed by atoms with Crippen molar-refractivity contribution in [2.45, 2.75) is 19.8 Å². The molecule has 2 aliphatic heterocycles. The average molecular weight is 396 g/mol. The van der Waals surface area contributed by atoms with E-state index in [0.717, 1.165) is 49.4 Å². The normalized spacial score (nSPS) is 16.8. The smallest absolute Gasteiger partial charge is 0.321 e. The van der Waals surface area contributed by atoms with Crippen molar-refractivity contribution in [1.82, 2.24) is 14.9 Å². The van der Waals surface area contributed by atoms with Gasteiger partial charge in [0.1, 0.15) is 11.6 Å². The van der Waals surface area contributed by atoms with E-state index in [4.69, 9.17) is 9.72 Å². The van der Waals surface area contributed by atoms with Gasteiger partial charge in [-0.15, -0.1) is 0 Å². The minimum atomic E-state index is -0.0748. The van der Waals surface area contributed by atoms with Gasteiger partial charge in [-0.25, -0.2) is 9.78 Å². The monoisotopic (exact) mass is 396 g/mol. The Morgan fingerprint density at radius 1 is 1.00 bits per heavy atom. The zero-order valence-corrected chi connectivity index (χ0v) is 16.9. The highest BCUT2D eigenvalue weighted by molar-refractivity contribution is 5.89. The molecule has 0 spiro atoms. The Hall–Kier alpha value is -3.03. The number of aromatic nitrogens is 2. The molecule has 2 aromatic rings. The molecule has 1 aromatic carbocycles. The molecule has 3 heterocycles. The van der Waals surface area contributed by atoms with Crippen LogP contribution in [0.5, 0.6) is 5.75 Å². The van der Waals surface area contributed by atoms with Gasteiger partial charge in [-0.1, -0.05) is 0 Å². The second-order valence-electron chi connectivity index (χ2n) is 7.27. The molecule has 0 aliphatic carbocycles. The van der Waals surface area contributed by atoms with Crippen LogP contribution in [-0.2, 0) is 0 Å². The molecular weight excluding hydrogens is 368 g/mol. The maximum Gasteiger partial charge on any atom is 0.321 e. The van der Waals surface area contributed by atoms with Crippen LogP contribution < -0.4 is 19.9 Å². The van der Waals surface area contributed by atoms with E-state index in [0.29, 0.717) is 19.7 Å². The minimum absolute atomic E-state index is 0.0748. The van der Waals surface area contributed by atoms with Crippen molar-refractivity contribution in [2.75, 3.05) is 61.0 Å². The summed E-state index contributed by atoms with van der Waals surface area (Å²) in [4.78, 5) is 28.1. The molecular formula is C21H28N6O2. The Morgan fingerprint density at radius 2 is 1.72 bits per heavy atom. The average Bonchev–Trinajstić information content (AvgIpc) is 3.31. The summed E-state index contributed by atoms with van der Waals surface area (Å²) in [5.74, 6) is 2.56. The molecule has 0 saturated carbocycles. The number of benzene rings is 1. The van der Waals surface area contributed by atoms with Gasteiger partial charge in [0.2, 0.25) is 5.95 Å². The quantitative estimate of drug-likeness (QED) is 0.838. The highest BCUT2D eigenvalue weighted by atomic mass is 16.5. The molecule has 4 rings (SSSR count). The Balaban J connectivity index is 1.31. The third-order valence-electron chi connectivity index (χ3n) is 5.32. The molecule has 2 fully saturated rings. The first-order valence-corrected chi connectivity index (χ1v) is 10.3. The van der Waals surface area contributed by atoms with Crippen molar-refractivity contribution in [2.24, 2.45) is 0 Å². The van der Waals surface area contributed by atoms with Gasteiger partial charge in [0.25, 0.3) is 0 Å². The van der Waals surface area contributed by atoms with Crippen molar-refractivity contribution < 1.29 is 9.53 Å². The molecule has 1 aromatic heterocycles. The molecule has 0 atom stereocenters. The second-order valence-corrected chi connectivity index (χ2v) is 7.27. The lowest BCUT2D eigenvalue weighted by molar-refractivity contribution is 0.208. The lowest BCUT2D eigenvalue weighted by Crippen LogP contribution is -2.50. The molecule has 29 heavy (non-hydrogen) atoms. The number of piperazine rings is 1. The van der Waals surface area contributed by atoms with Gasteiger partial charge in [-0.3, -0.25) is 0 Å². The summed E-state index contributed by atoms with van der Waals surface area (Å²) < 4.78 is 5.43. The number of carbonyl (C=O) groups is 1. The molecule has 8 heteroatoms. The molecule has 0 bridgehead atoms. The number of nitrogens with one attached hydrogen (secondary N) is 1. The first kappa shape index (κ1) is 19.3. The van der Waals surface area contributed by atoms with Crippen molar-refractivity contribution in [3.05, 3.63) is 36.5 Å². The number of carbonyl (C=O) groups excluding carboxylic acids is 1. The summed E-state index contributed by atoms with van der Waals surface area (Å²) in [6.07, 6.45) is 4.24. The summed E-state index contributed by atoms with van der Waals surface area (Å²) in [6, 6.07) is 9.33. The summed E-state index contributed by atoms with van der Waals surface area (Å²) in [7, 11) is 0. The van der Waals surface area contributed by atoms with Gasteiger partial charge >= 0.3 is 6.03 Å². The van der Waals surface area contributed by atoms with E-state index in [2.05, 4.69) is 20.1 Å². The van der Waals surface area contributed by atoms with Gasteiger partial charge in [-0.05, 0) is 50.1 Å². The zero-order valence-electron chi connectivity index (χ0n) is 16.9. The topological polar surface area (TPSA) is 73.8 Å². The first-order chi connectivity index (χ1) is 14.2. The number of hydrogen-bond donors (Lipinski definition) is 1. The zero-order chi connectivity index (χ0) is 20.1. The maximum absolute atomic E-state index is 12.6. The van der Waals surface area contributed by atoms with Crippen LogP contribution in [0.3, 0.4) is 0 Å². The molecule has 2 amide bonds. The predicted octanol–water partition coefficient (Wildman–Crippen LogP) is 2.83. The highest BCUT2D eigenvalue weighted by Gasteiger charge is 2.23. The van der Waals surface area contributed by atoms with E-state index >= 15 is 0 Å². The highest BCUT2D eigenvalue weighted by Crippen LogP contribution is 2.21. The van der Waals surface area contributed by atoms with Crippen LogP contribution in [0.25, 0.3) is 0 Å². The molecule has 154 valence electrons. The van der Waals surface area contributed by atoms with Crippen molar-refractivity contribution in [1.29, 1.82) is 0 Å². The van der Waals surface area contributed by atoms with Gasteiger partial charge < -0.3 is 24.8 Å². The van der Waals surface area contributed by atoms with Crippen molar-refractivity contribution >= 4 is 23.5 Å². The van der Waals surface area contributed by atoms with Crippen molar-refractivity contribution in [3.8, 4) is 5.75 Å². The molecule has 2 aliphatic rings. The van der Waals surface area contributed by atoms with Crippen LogP contribution in [0.4, 0.5) is 22.2 Å². The Labute approximate surface area is 171 Å². The van der Waals surface area contributed by atoms with Crippen LogP contribution >= 0.6 is 0 Å². The number of rotatable bonds is 5. The molecule has 0 radical (unpaired) electrons. The number of hydrogen-bond acceptors (Lipinski definition) is 6. The Morgan fingerprint density at radius 3 is 2.41 bits per heavy atom. The van der Waals surface area contributed by atoms with Crippen LogP contribution in [0.2, 0.25) is 0 Å². The van der Waals surface area contributed by atoms with Gasteiger partial charge in [0, 0.05) is 51.2 Å². The summed E-state index contributed by atoms with van der Waals surface area (Å²) >= 11 is 0. The maximum atomic E-state index is 12.6. The van der Waals surface area contributed by atoms with Crippen LogP contribution in [0.15, 0.2) is 36.5 Å².